The molecule has 2 fully saturated rings. The number of carbonyl (C=O) groups is 3. The Morgan fingerprint density at radius 2 is 1.70 bits per heavy atom. The van der Waals surface area contributed by atoms with Crippen LogP contribution in [0.25, 0.3) is 0 Å². The first-order valence-corrected chi connectivity index (χ1v) is 16.0. The van der Waals surface area contributed by atoms with Crippen LogP contribution in [0.1, 0.15) is 93.0 Å². The van der Waals surface area contributed by atoms with Crippen molar-refractivity contribution in [3.63, 3.8) is 0 Å². The molecule has 1 aliphatic carbocycles. The number of fused-ring (bicyclic) bond motifs is 2. The normalized spacial score (nSPS) is 16.1. The van der Waals surface area contributed by atoms with Crippen molar-refractivity contribution in [1.82, 2.24) is 15.1 Å². The maximum Gasteiger partial charge on any atom is 0.338 e. The number of nitrogens with zero attached hydrogens (tertiary/aromatic N) is 3. The zero-order valence-electron chi connectivity index (χ0n) is 25.1. The highest BCUT2D eigenvalue weighted by Crippen LogP contribution is 2.30. The number of guanidine groups is 1. The number of unbranched alkanes of at least 4 members (excludes halogenated alkanes) is 4. The number of aliphatic imine (C=N–C) groups is 1. The number of esters is 1. The Hall–Kier alpha value is -3.88. The van der Waals surface area contributed by atoms with E-state index in [4.69, 9.17) is 9.47 Å². The third-order valence-electron chi connectivity index (χ3n) is 8.45. The standard InChI is InChI=1S/C34H44N4O5/c39-31-25-37-24-27-23-29(18-19-30(27)35-34(37)36-31)42-21-12-9-17-32(40)38(28-15-7-4-8-16-28)20-10-1-2-11-22-43-33(41)26-13-5-3-6-14-26/h3,5-6,13-14,18-19,23,28H,1-2,4,7-12,15-17,20-22,24-25H2,(H,35,36,39). The topological polar surface area (TPSA) is 101 Å². The van der Waals surface area contributed by atoms with Gasteiger partial charge in [-0.1, -0.05) is 43.9 Å². The van der Waals surface area contributed by atoms with Crippen LogP contribution >= 0.6 is 0 Å². The Morgan fingerprint density at radius 1 is 0.907 bits per heavy atom. The molecule has 2 aromatic carbocycles. The van der Waals surface area contributed by atoms with Crippen LogP contribution in [0.3, 0.4) is 0 Å². The number of hydrogen-bond acceptors (Lipinski definition) is 7. The summed E-state index contributed by atoms with van der Waals surface area (Å²) in [6.45, 7) is 2.76. The summed E-state index contributed by atoms with van der Waals surface area (Å²) in [4.78, 5) is 45.7. The van der Waals surface area contributed by atoms with Crippen molar-refractivity contribution in [3.05, 3.63) is 59.7 Å². The number of amides is 2. The number of rotatable bonds is 15. The van der Waals surface area contributed by atoms with Crippen LogP contribution < -0.4 is 10.1 Å². The van der Waals surface area contributed by atoms with Gasteiger partial charge in [-0.3, -0.25) is 14.9 Å². The van der Waals surface area contributed by atoms with Gasteiger partial charge in [0, 0.05) is 31.1 Å². The number of nitrogens with one attached hydrogen (secondary N) is 1. The Balaban J connectivity index is 0.988. The van der Waals surface area contributed by atoms with Crippen LogP contribution in [-0.4, -0.2) is 65.9 Å². The fraction of sp³-hybridized carbons (Fsp3) is 0.529. The van der Waals surface area contributed by atoms with Crippen molar-refractivity contribution >= 4 is 29.4 Å². The number of benzene rings is 2. The van der Waals surface area contributed by atoms with Crippen LogP contribution in [0.15, 0.2) is 53.5 Å². The van der Waals surface area contributed by atoms with Crippen molar-refractivity contribution in [3.8, 4) is 5.75 Å². The van der Waals surface area contributed by atoms with E-state index in [1.807, 2.05) is 41.3 Å². The first-order chi connectivity index (χ1) is 21.1. The lowest BCUT2D eigenvalue weighted by atomic mass is 9.93. The zero-order chi connectivity index (χ0) is 29.9. The molecule has 0 spiro atoms. The van der Waals surface area contributed by atoms with E-state index in [1.165, 1.54) is 19.3 Å². The van der Waals surface area contributed by atoms with E-state index in [2.05, 4.69) is 15.2 Å². The van der Waals surface area contributed by atoms with Crippen LogP contribution in [0, 0.1) is 0 Å². The quantitative estimate of drug-likeness (QED) is 0.210. The van der Waals surface area contributed by atoms with E-state index in [-0.39, 0.29) is 17.8 Å². The van der Waals surface area contributed by atoms with Gasteiger partial charge < -0.3 is 19.3 Å². The highest BCUT2D eigenvalue weighted by Gasteiger charge is 2.29. The van der Waals surface area contributed by atoms with E-state index in [0.29, 0.717) is 50.3 Å². The van der Waals surface area contributed by atoms with Crippen molar-refractivity contribution in [2.45, 2.75) is 89.6 Å². The molecule has 3 aliphatic rings. The highest BCUT2D eigenvalue weighted by atomic mass is 16.5. The van der Waals surface area contributed by atoms with E-state index in [9.17, 15) is 14.4 Å². The van der Waals surface area contributed by atoms with Gasteiger partial charge in [0.15, 0.2) is 0 Å². The molecule has 9 heteroatoms. The van der Waals surface area contributed by atoms with Crippen molar-refractivity contribution in [2.24, 2.45) is 4.99 Å². The number of ether oxygens (including phenoxy) is 2. The molecule has 0 atom stereocenters. The third-order valence-corrected chi connectivity index (χ3v) is 8.45. The van der Waals surface area contributed by atoms with E-state index in [1.54, 1.807) is 12.1 Å². The Labute approximate surface area is 254 Å². The van der Waals surface area contributed by atoms with Gasteiger partial charge in [0.1, 0.15) is 12.3 Å². The average molecular weight is 589 g/mol. The molecule has 1 N–H and O–H groups in total. The first-order valence-electron chi connectivity index (χ1n) is 16.0. The Morgan fingerprint density at radius 3 is 2.53 bits per heavy atom. The van der Waals surface area contributed by atoms with Gasteiger partial charge in [0.05, 0.1) is 24.5 Å². The van der Waals surface area contributed by atoms with Crippen LogP contribution in [0.4, 0.5) is 5.69 Å². The fourth-order valence-corrected chi connectivity index (χ4v) is 6.10. The minimum Gasteiger partial charge on any atom is -0.494 e. The minimum atomic E-state index is -0.269. The maximum atomic E-state index is 13.3. The Kier molecular flexibility index (Phi) is 11.1. The van der Waals surface area contributed by atoms with Crippen molar-refractivity contribution in [1.29, 1.82) is 0 Å². The SMILES string of the molecule is O=C1CN2Cc3cc(OCCCCC(=O)N(CCCCCCOC(=O)c4ccccc4)C4CCCCC4)ccc3N=C2N1. The largest absolute Gasteiger partial charge is 0.494 e. The molecule has 9 nitrogen and oxygen atoms in total. The Bertz CT molecular complexity index is 1270. The second kappa shape index (κ2) is 15.5. The van der Waals surface area contributed by atoms with Gasteiger partial charge in [-0.05, 0) is 75.3 Å². The predicted octanol–water partition coefficient (Wildman–Crippen LogP) is 5.75. The van der Waals surface area contributed by atoms with Crippen LogP contribution in [0.2, 0.25) is 0 Å². The molecule has 5 rings (SSSR count). The van der Waals surface area contributed by atoms with Gasteiger partial charge in [-0.2, -0.15) is 0 Å². The summed E-state index contributed by atoms with van der Waals surface area (Å²) in [5.74, 6) is 1.38. The summed E-state index contributed by atoms with van der Waals surface area (Å²) in [6.07, 6.45) is 11.9. The molecule has 0 bridgehead atoms. The molecular formula is C34H44N4O5. The molecule has 1 saturated heterocycles. The molecule has 2 aliphatic heterocycles. The third kappa shape index (κ3) is 8.81. The van der Waals surface area contributed by atoms with Crippen molar-refractivity contribution in [2.75, 3.05) is 26.3 Å². The van der Waals surface area contributed by atoms with E-state index >= 15 is 0 Å². The summed E-state index contributed by atoms with van der Waals surface area (Å²) >= 11 is 0. The molecule has 0 unspecified atom stereocenters. The zero-order valence-corrected chi connectivity index (χ0v) is 25.1. The lowest BCUT2D eigenvalue weighted by molar-refractivity contribution is -0.134. The lowest BCUT2D eigenvalue weighted by Crippen LogP contribution is -2.42. The molecule has 2 aromatic rings. The molecular weight excluding hydrogens is 544 g/mol. The summed E-state index contributed by atoms with van der Waals surface area (Å²) in [6, 6.07) is 15.3. The van der Waals surface area contributed by atoms with Gasteiger partial charge >= 0.3 is 5.97 Å². The summed E-state index contributed by atoms with van der Waals surface area (Å²) < 4.78 is 11.4. The highest BCUT2D eigenvalue weighted by molar-refractivity contribution is 6.05. The monoisotopic (exact) mass is 588 g/mol. The molecule has 0 aromatic heterocycles. The second-order valence-electron chi connectivity index (χ2n) is 11.7. The fourth-order valence-electron chi connectivity index (χ4n) is 6.10. The molecule has 0 radical (unpaired) electrons. The van der Waals surface area contributed by atoms with Crippen molar-refractivity contribution < 1.29 is 23.9 Å². The van der Waals surface area contributed by atoms with Crippen LogP contribution in [-0.2, 0) is 20.9 Å². The lowest BCUT2D eigenvalue weighted by Gasteiger charge is -2.34. The van der Waals surface area contributed by atoms with E-state index < -0.39 is 0 Å². The average Bonchev–Trinajstić information content (AvgIpc) is 3.40. The summed E-state index contributed by atoms with van der Waals surface area (Å²) in [5, 5.41) is 2.79. The molecule has 230 valence electrons. The van der Waals surface area contributed by atoms with Gasteiger partial charge in [0.25, 0.3) is 0 Å². The predicted molar refractivity (Wildman–Crippen MR) is 165 cm³/mol. The summed E-state index contributed by atoms with van der Waals surface area (Å²) in [5.41, 5.74) is 2.49. The molecule has 1 saturated carbocycles. The van der Waals surface area contributed by atoms with Gasteiger partial charge in [-0.25, -0.2) is 9.79 Å². The smallest absolute Gasteiger partial charge is 0.338 e. The van der Waals surface area contributed by atoms with Crippen LogP contribution in [0.5, 0.6) is 5.75 Å². The van der Waals surface area contributed by atoms with Gasteiger partial charge in [0.2, 0.25) is 17.8 Å². The van der Waals surface area contributed by atoms with E-state index in [0.717, 1.165) is 74.9 Å². The molecule has 2 heterocycles. The summed E-state index contributed by atoms with van der Waals surface area (Å²) in [7, 11) is 0. The molecule has 2 amide bonds. The maximum absolute atomic E-state index is 13.3. The number of carbonyl (C=O) groups excluding carboxylic acids is 3. The first kappa shape index (κ1) is 30.6. The van der Waals surface area contributed by atoms with Gasteiger partial charge in [-0.15, -0.1) is 0 Å². The number of hydrogen-bond donors (Lipinski definition) is 1. The second-order valence-corrected chi connectivity index (χ2v) is 11.7. The minimum absolute atomic E-state index is 0.0291. The molecule has 43 heavy (non-hydrogen) atoms.